The summed E-state index contributed by atoms with van der Waals surface area (Å²) in [4.78, 5) is 12.0. The van der Waals surface area contributed by atoms with Gasteiger partial charge in [0.2, 0.25) is 0 Å². The summed E-state index contributed by atoms with van der Waals surface area (Å²) in [6.45, 7) is 0.674. The van der Waals surface area contributed by atoms with Gasteiger partial charge in [0.05, 0.1) is 12.9 Å². The standard InChI is InChI=1S/C12H10Cl2O2/c13-10-4-9(5-11(14)6-10)12(15)8-2-1-3-16-7-8/h4-7H,1-3H2. The van der Waals surface area contributed by atoms with Crippen LogP contribution in [0.25, 0.3) is 0 Å². The first-order valence-corrected chi connectivity index (χ1v) is 5.74. The molecule has 0 amide bonds. The minimum Gasteiger partial charge on any atom is -0.501 e. The van der Waals surface area contributed by atoms with E-state index < -0.39 is 0 Å². The highest BCUT2D eigenvalue weighted by atomic mass is 35.5. The van der Waals surface area contributed by atoms with Gasteiger partial charge in [-0.3, -0.25) is 4.79 Å². The van der Waals surface area contributed by atoms with Gasteiger partial charge in [0.15, 0.2) is 5.78 Å². The van der Waals surface area contributed by atoms with E-state index in [2.05, 4.69) is 0 Å². The molecule has 1 aromatic rings. The minimum atomic E-state index is -0.0656. The summed E-state index contributed by atoms with van der Waals surface area (Å²) in [6.07, 6.45) is 3.13. The monoisotopic (exact) mass is 256 g/mol. The van der Waals surface area contributed by atoms with Crippen LogP contribution < -0.4 is 0 Å². The van der Waals surface area contributed by atoms with Crippen molar-refractivity contribution in [3.63, 3.8) is 0 Å². The van der Waals surface area contributed by atoms with Gasteiger partial charge in [-0.2, -0.15) is 0 Å². The van der Waals surface area contributed by atoms with Crippen molar-refractivity contribution >= 4 is 29.0 Å². The number of ketones is 1. The van der Waals surface area contributed by atoms with Crippen LogP contribution in [0.4, 0.5) is 0 Å². The molecule has 0 radical (unpaired) electrons. The molecular weight excluding hydrogens is 247 g/mol. The van der Waals surface area contributed by atoms with E-state index in [0.717, 1.165) is 12.8 Å². The van der Waals surface area contributed by atoms with Crippen LogP contribution in [0.2, 0.25) is 10.0 Å². The summed E-state index contributed by atoms with van der Waals surface area (Å²) in [7, 11) is 0. The van der Waals surface area contributed by atoms with Crippen molar-refractivity contribution in [1.82, 2.24) is 0 Å². The number of hydrogen-bond acceptors (Lipinski definition) is 2. The number of carbonyl (C=O) groups excluding carboxylic acids is 1. The van der Waals surface area contributed by atoms with Gasteiger partial charge in [-0.25, -0.2) is 0 Å². The van der Waals surface area contributed by atoms with Crippen LogP contribution in [0.5, 0.6) is 0 Å². The van der Waals surface area contributed by atoms with Crippen molar-refractivity contribution in [3.05, 3.63) is 45.6 Å². The lowest BCUT2D eigenvalue weighted by Crippen LogP contribution is -2.09. The van der Waals surface area contributed by atoms with Gasteiger partial charge in [-0.05, 0) is 31.0 Å². The van der Waals surface area contributed by atoms with Gasteiger partial charge in [-0.15, -0.1) is 0 Å². The largest absolute Gasteiger partial charge is 0.501 e. The first-order valence-electron chi connectivity index (χ1n) is 4.98. The Bertz CT molecular complexity index is 432. The highest BCUT2D eigenvalue weighted by Crippen LogP contribution is 2.23. The Morgan fingerprint density at radius 1 is 1.19 bits per heavy atom. The third kappa shape index (κ3) is 2.57. The Labute approximate surface area is 104 Å². The number of ether oxygens (including phenoxy) is 1. The summed E-state index contributed by atoms with van der Waals surface area (Å²) in [5.41, 5.74) is 1.18. The molecule has 1 heterocycles. The summed E-state index contributed by atoms with van der Waals surface area (Å²) >= 11 is 11.7. The van der Waals surface area contributed by atoms with Crippen molar-refractivity contribution in [2.24, 2.45) is 0 Å². The van der Waals surface area contributed by atoms with Crippen LogP contribution in [0.3, 0.4) is 0 Å². The van der Waals surface area contributed by atoms with E-state index in [9.17, 15) is 4.79 Å². The number of carbonyl (C=O) groups is 1. The molecule has 1 aliphatic rings. The zero-order valence-corrected chi connectivity index (χ0v) is 10.0. The predicted molar refractivity (Wildman–Crippen MR) is 64.1 cm³/mol. The Morgan fingerprint density at radius 3 is 2.44 bits per heavy atom. The molecule has 16 heavy (non-hydrogen) atoms. The van der Waals surface area contributed by atoms with Crippen LogP contribution in [0.1, 0.15) is 23.2 Å². The van der Waals surface area contributed by atoms with Crippen molar-refractivity contribution < 1.29 is 9.53 Å². The molecule has 0 atom stereocenters. The number of allylic oxidation sites excluding steroid dienone is 1. The molecule has 2 nitrogen and oxygen atoms in total. The fourth-order valence-electron chi connectivity index (χ4n) is 1.60. The fourth-order valence-corrected chi connectivity index (χ4v) is 2.13. The Kier molecular flexibility index (Phi) is 3.52. The lowest BCUT2D eigenvalue weighted by atomic mass is 10.00. The average Bonchev–Trinajstić information content (AvgIpc) is 2.28. The summed E-state index contributed by atoms with van der Waals surface area (Å²) in [5.74, 6) is -0.0656. The molecule has 0 saturated heterocycles. The second-order valence-electron chi connectivity index (χ2n) is 3.60. The zero-order valence-electron chi connectivity index (χ0n) is 8.50. The van der Waals surface area contributed by atoms with Gasteiger partial charge in [0, 0.05) is 21.2 Å². The lowest BCUT2D eigenvalue weighted by molar-refractivity contribution is 0.101. The third-order valence-corrected chi connectivity index (χ3v) is 2.79. The average molecular weight is 257 g/mol. The highest BCUT2D eigenvalue weighted by Gasteiger charge is 2.16. The molecule has 1 aliphatic heterocycles. The maximum Gasteiger partial charge on any atom is 0.192 e. The lowest BCUT2D eigenvalue weighted by Gasteiger charge is -2.12. The molecular formula is C12H10Cl2O2. The van der Waals surface area contributed by atoms with Gasteiger partial charge in [-0.1, -0.05) is 23.2 Å². The van der Waals surface area contributed by atoms with Crippen molar-refractivity contribution in [3.8, 4) is 0 Å². The molecule has 0 saturated carbocycles. The second kappa shape index (κ2) is 4.89. The van der Waals surface area contributed by atoms with E-state index in [4.69, 9.17) is 27.9 Å². The highest BCUT2D eigenvalue weighted by molar-refractivity contribution is 6.35. The van der Waals surface area contributed by atoms with E-state index in [1.165, 1.54) is 6.26 Å². The number of hydrogen-bond donors (Lipinski definition) is 0. The molecule has 0 unspecified atom stereocenters. The SMILES string of the molecule is O=C(C1=COCCC1)c1cc(Cl)cc(Cl)c1. The normalized spacial score (nSPS) is 15.2. The maximum absolute atomic E-state index is 12.0. The zero-order chi connectivity index (χ0) is 11.5. The Morgan fingerprint density at radius 2 is 1.88 bits per heavy atom. The summed E-state index contributed by atoms with van der Waals surface area (Å²) < 4.78 is 5.14. The molecule has 0 spiro atoms. The van der Waals surface area contributed by atoms with Crippen molar-refractivity contribution in [2.45, 2.75) is 12.8 Å². The van der Waals surface area contributed by atoms with Crippen molar-refractivity contribution in [2.75, 3.05) is 6.61 Å². The molecule has 1 aromatic carbocycles. The topological polar surface area (TPSA) is 26.3 Å². The van der Waals surface area contributed by atoms with Gasteiger partial charge in [0.25, 0.3) is 0 Å². The van der Waals surface area contributed by atoms with Crippen LogP contribution in [0, 0.1) is 0 Å². The second-order valence-corrected chi connectivity index (χ2v) is 4.48. The Balaban J connectivity index is 2.29. The minimum absolute atomic E-state index is 0.0656. The third-order valence-electron chi connectivity index (χ3n) is 2.35. The molecule has 0 bridgehead atoms. The summed E-state index contributed by atoms with van der Waals surface area (Å²) in [6, 6.07) is 4.84. The fraction of sp³-hybridized carbons (Fsp3) is 0.250. The molecule has 84 valence electrons. The quantitative estimate of drug-likeness (QED) is 0.751. The van der Waals surface area contributed by atoms with Crippen LogP contribution in [-0.2, 0) is 4.74 Å². The van der Waals surface area contributed by atoms with E-state index in [1.54, 1.807) is 18.2 Å². The van der Waals surface area contributed by atoms with E-state index >= 15 is 0 Å². The molecule has 0 N–H and O–H groups in total. The van der Waals surface area contributed by atoms with E-state index in [1.807, 2.05) is 0 Å². The number of Topliss-reactive ketones (excluding diaryl/α,β-unsaturated/α-hetero) is 1. The maximum atomic E-state index is 12.0. The number of halogens is 2. The van der Waals surface area contributed by atoms with Gasteiger partial charge < -0.3 is 4.74 Å². The first-order chi connectivity index (χ1) is 7.66. The molecule has 4 heteroatoms. The summed E-state index contributed by atoms with van der Waals surface area (Å²) in [5, 5.41) is 0.932. The predicted octanol–water partition coefficient (Wildman–Crippen LogP) is 3.87. The van der Waals surface area contributed by atoms with Crippen molar-refractivity contribution in [1.29, 1.82) is 0 Å². The van der Waals surface area contributed by atoms with Gasteiger partial charge in [0.1, 0.15) is 0 Å². The molecule has 0 aromatic heterocycles. The first kappa shape index (κ1) is 11.5. The van der Waals surface area contributed by atoms with Gasteiger partial charge >= 0.3 is 0 Å². The van der Waals surface area contributed by atoms with Crippen LogP contribution >= 0.6 is 23.2 Å². The van der Waals surface area contributed by atoms with Crippen LogP contribution in [0.15, 0.2) is 30.0 Å². The molecule has 0 fully saturated rings. The van der Waals surface area contributed by atoms with Crippen LogP contribution in [-0.4, -0.2) is 12.4 Å². The number of rotatable bonds is 2. The van der Waals surface area contributed by atoms with E-state index in [0.29, 0.717) is 27.8 Å². The number of benzene rings is 1. The smallest absolute Gasteiger partial charge is 0.192 e. The Hall–Kier alpha value is -0.990. The molecule has 2 rings (SSSR count). The van der Waals surface area contributed by atoms with E-state index in [-0.39, 0.29) is 5.78 Å². The molecule has 0 aliphatic carbocycles.